The van der Waals surface area contributed by atoms with Crippen LogP contribution in [0.1, 0.15) is 33.6 Å². The van der Waals surface area contributed by atoms with Crippen molar-refractivity contribution in [3.8, 4) is 0 Å². The summed E-state index contributed by atoms with van der Waals surface area (Å²) in [7, 11) is 1.69. The van der Waals surface area contributed by atoms with Crippen molar-refractivity contribution in [1.29, 1.82) is 0 Å². The fourth-order valence-electron chi connectivity index (χ4n) is 4.33. The first-order valence-electron chi connectivity index (χ1n) is 8.65. The molecule has 3 heterocycles. The molecule has 0 radical (unpaired) electrons. The predicted molar refractivity (Wildman–Crippen MR) is 86.7 cm³/mol. The number of imide groups is 1. The second-order valence-corrected chi connectivity index (χ2v) is 8.13. The molecule has 7 heteroatoms. The normalized spacial score (nSPS) is 33.1. The molecule has 134 valence electrons. The number of likely N-dealkylation sites (N-methyl/N-ethyl adjacent to an activating group) is 1. The molecule has 5 unspecified atom stereocenters. The van der Waals surface area contributed by atoms with E-state index in [1.807, 2.05) is 13.8 Å². The average molecular weight is 337 g/mol. The van der Waals surface area contributed by atoms with Crippen LogP contribution in [0, 0.1) is 17.3 Å². The SMILES string of the molecule is CC(C(=O)N(C)CC(C)(C)CN)N1C(=O)C2C3CCC(O3)C2C1=O. The van der Waals surface area contributed by atoms with Crippen LogP contribution in [-0.2, 0) is 19.1 Å². The molecular formula is C17H27N3O4. The van der Waals surface area contributed by atoms with E-state index >= 15 is 0 Å². The molecule has 0 aliphatic carbocycles. The predicted octanol–water partition coefficient (Wildman–Crippen LogP) is -0.0194. The smallest absolute Gasteiger partial charge is 0.245 e. The van der Waals surface area contributed by atoms with Crippen LogP contribution >= 0.6 is 0 Å². The molecule has 0 aromatic heterocycles. The van der Waals surface area contributed by atoms with Crippen molar-refractivity contribution in [2.45, 2.75) is 51.9 Å². The molecule has 3 aliphatic heterocycles. The number of rotatable bonds is 5. The van der Waals surface area contributed by atoms with E-state index in [0.29, 0.717) is 13.1 Å². The fourth-order valence-corrected chi connectivity index (χ4v) is 4.33. The summed E-state index contributed by atoms with van der Waals surface area (Å²) in [5.74, 6) is -1.50. The van der Waals surface area contributed by atoms with Crippen molar-refractivity contribution in [1.82, 2.24) is 9.80 Å². The van der Waals surface area contributed by atoms with Crippen molar-refractivity contribution >= 4 is 17.7 Å². The highest BCUT2D eigenvalue weighted by atomic mass is 16.5. The highest BCUT2D eigenvalue weighted by molar-refractivity contribution is 6.09. The lowest BCUT2D eigenvalue weighted by Gasteiger charge is -2.33. The first-order valence-corrected chi connectivity index (χ1v) is 8.65. The van der Waals surface area contributed by atoms with Gasteiger partial charge in [0.1, 0.15) is 6.04 Å². The summed E-state index contributed by atoms with van der Waals surface area (Å²) >= 11 is 0. The molecule has 3 saturated heterocycles. The van der Waals surface area contributed by atoms with Gasteiger partial charge in [0.25, 0.3) is 0 Å². The maximum Gasteiger partial charge on any atom is 0.245 e. The van der Waals surface area contributed by atoms with E-state index in [1.54, 1.807) is 18.9 Å². The Bertz CT molecular complexity index is 548. The molecule has 2 N–H and O–H groups in total. The van der Waals surface area contributed by atoms with Gasteiger partial charge in [0.05, 0.1) is 24.0 Å². The van der Waals surface area contributed by atoms with E-state index in [-0.39, 0.29) is 35.3 Å². The molecule has 3 aliphatic rings. The summed E-state index contributed by atoms with van der Waals surface area (Å²) in [6.45, 7) is 6.52. The zero-order valence-corrected chi connectivity index (χ0v) is 14.8. The molecule has 24 heavy (non-hydrogen) atoms. The maximum absolute atomic E-state index is 12.7. The van der Waals surface area contributed by atoms with Crippen molar-refractivity contribution in [3.63, 3.8) is 0 Å². The molecular weight excluding hydrogens is 310 g/mol. The summed E-state index contributed by atoms with van der Waals surface area (Å²) in [4.78, 5) is 40.9. The zero-order chi connectivity index (χ0) is 17.8. The van der Waals surface area contributed by atoms with Crippen LogP contribution in [0.3, 0.4) is 0 Å². The first kappa shape index (κ1) is 17.4. The molecule has 7 nitrogen and oxygen atoms in total. The van der Waals surface area contributed by atoms with Gasteiger partial charge in [-0.25, -0.2) is 0 Å². The van der Waals surface area contributed by atoms with Gasteiger partial charge in [-0.15, -0.1) is 0 Å². The van der Waals surface area contributed by atoms with Crippen LogP contribution < -0.4 is 5.73 Å². The monoisotopic (exact) mass is 337 g/mol. The molecule has 3 rings (SSSR count). The van der Waals surface area contributed by atoms with E-state index in [0.717, 1.165) is 12.8 Å². The van der Waals surface area contributed by atoms with Gasteiger partial charge in [0.15, 0.2) is 0 Å². The molecule has 0 spiro atoms. The topological polar surface area (TPSA) is 92.9 Å². The number of nitrogens with two attached hydrogens (primary N) is 1. The Balaban J connectivity index is 1.73. The number of hydrogen-bond donors (Lipinski definition) is 1. The largest absolute Gasteiger partial charge is 0.373 e. The van der Waals surface area contributed by atoms with Crippen molar-refractivity contribution in [2.24, 2.45) is 23.0 Å². The Labute approximate surface area is 142 Å². The van der Waals surface area contributed by atoms with Gasteiger partial charge in [0.2, 0.25) is 17.7 Å². The quantitative estimate of drug-likeness (QED) is 0.712. The summed E-state index contributed by atoms with van der Waals surface area (Å²) in [6, 6.07) is -0.784. The molecule has 2 bridgehead atoms. The highest BCUT2D eigenvalue weighted by Gasteiger charge is 2.63. The van der Waals surface area contributed by atoms with Crippen LogP contribution in [0.25, 0.3) is 0 Å². The van der Waals surface area contributed by atoms with Crippen LogP contribution in [-0.4, -0.2) is 65.9 Å². The second kappa shape index (κ2) is 5.81. The summed E-state index contributed by atoms with van der Waals surface area (Å²) < 4.78 is 5.72. The van der Waals surface area contributed by atoms with Crippen LogP contribution in [0.5, 0.6) is 0 Å². The molecule has 3 fully saturated rings. The number of nitrogens with zero attached hydrogens (tertiary/aromatic N) is 2. The Morgan fingerprint density at radius 1 is 1.29 bits per heavy atom. The van der Waals surface area contributed by atoms with Crippen LogP contribution in [0.2, 0.25) is 0 Å². The van der Waals surface area contributed by atoms with Gasteiger partial charge >= 0.3 is 0 Å². The standard InChI is InChI=1S/C17H27N3O4/c1-9(14(21)19(4)8-17(2,3)7-18)20-15(22)12-10-5-6-11(24-10)13(12)16(20)23/h9-13H,5-8,18H2,1-4H3. The molecule has 0 saturated carbocycles. The third kappa shape index (κ3) is 2.54. The Hall–Kier alpha value is -1.47. The van der Waals surface area contributed by atoms with E-state index in [9.17, 15) is 14.4 Å². The number of carbonyl (C=O) groups is 3. The lowest BCUT2D eigenvalue weighted by atomic mass is 9.81. The number of likely N-dealkylation sites (tertiary alicyclic amines) is 1. The first-order chi connectivity index (χ1) is 11.2. The fraction of sp³-hybridized carbons (Fsp3) is 0.824. The van der Waals surface area contributed by atoms with Gasteiger partial charge in [-0.1, -0.05) is 13.8 Å². The van der Waals surface area contributed by atoms with Gasteiger partial charge < -0.3 is 15.4 Å². The van der Waals surface area contributed by atoms with E-state index in [2.05, 4.69) is 0 Å². The highest BCUT2D eigenvalue weighted by Crippen LogP contribution is 2.48. The number of carbonyl (C=O) groups excluding carboxylic acids is 3. The van der Waals surface area contributed by atoms with Gasteiger partial charge in [-0.3, -0.25) is 19.3 Å². The van der Waals surface area contributed by atoms with E-state index in [1.165, 1.54) is 4.90 Å². The maximum atomic E-state index is 12.7. The lowest BCUT2D eigenvalue weighted by molar-refractivity contribution is -0.152. The molecule has 5 atom stereocenters. The number of ether oxygens (including phenoxy) is 1. The number of hydrogen-bond acceptors (Lipinski definition) is 5. The number of amides is 3. The lowest BCUT2D eigenvalue weighted by Crippen LogP contribution is -2.51. The van der Waals surface area contributed by atoms with Crippen LogP contribution in [0.4, 0.5) is 0 Å². The summed E-state index contributed by atoms with van der Waals surface area (Å²) in [5.41, 5.74) is 5.51. The minimum Gasteiger partial charge on any atom is -0.373 e. The zero-order valence-electron chi connectivity index (χ0n) is 14.8. The van der Waals surface area contributed by atoms with E-state index in [4.69, 9.17) is 10.5 Å². The van der Waals surface area contributed by atoms with Gasteiger partial charge in [-0.2, -0.15) is 0 Å². The van der Waals surface area contributed by atoms with Crippen molar-refractivity contribution < 1.29 is 19.1 Å². The average Bonchev–Trinajstić information content (AvgIpc) is 3.19. The Morgan fingerprint density at radius 2 is 1.79 bits per heavy atom. The molecule has 0 aromatic carbocycles. The third-order valence-electron chi connectivity index (χ3n) is 5.66. The van der Waals surface area contributed by atoms with Gasteiger partial charge in [0, 0.05) is 13.6 Å². The molecule has 3 amide bonds. The van der Waals surface area contributed by atoms with Gasteiger partial charge in [-0.05, 0) is 31.7 Å². The summed E-state index contributed by atoms with van der Waals surface area (Å²) in [5, 5.41) is 0. The third-order valence-corrected chi connectivity index (χ3v) is 5.66. The van der Waals surface area contributed by atoms with Crippen molar-refractivity contribution in [2.75, 3.05) is 20.1 Å². The molecule has 0 aromatic rings. The van der Waals surface area contributed by atoms with E-state index < -0.39 is 17.9 Å². The Kier molecular flexibility index (Phi) is 4.20. The second-order valence-electron chi connectivity index (χ2n) is 8.13. The number of fused-ring (bicyclic) bond motifs is 5. The minimum absolute atomic E-state index is 0.155. The Morgan fingerprint density at radius 3 is 2.25 bits per heavy atom. The van der Waals surface area contributed by atoms with Crippen LogP contribution in [0.15, 0.2) is 0 Å². The van der Waals surface area contributed by atoms with Crippen molar-refractivity contribution in [3.05, 3.63) is 0 Å². The summed E-state index contributed by atoms with van der Waals surface area (Å²) in [6.07, 6.45) is 1.34. The minimum atomic E-state index is -0.784.